The van der Waals surface area contributed by atoms with Crippen LogP contribution in [0.3, 0.4) is 0 Å². The van der Waals surface area contributed by atoms with E-state index in [1.165, 1.54) is 3.57 Å². The van der Waals surface area contributed by atoms with E-state index in [9.17, 15) is 0 Å². The van der Waals surface area contributed by atoms with Gasteiger partial charge in [0.25, 0.3) is 0 Å². The molecule has 0 fully saturated rings. The Balaban J connectivity index is 2.39. The van der Waals surface area contributed by atoms with Gasteiger partial charge in [0, 0.05) is 34.1 Å². The summed E-state index contributed by atoms with van der Waals surface area (Å²) in [5, 5.41) is 2.14. The lowest BCUT2D eigenvalue weighted by Crippen LogP contribution is -2.08. The van der Waals surface area contributed by atoms with Crippen molar-refractivity contribution in [3.63, 3.8) is 0 Å². The molecule has 0 aliphatic heterocycles. The maximum Gasteiger partial charge on any atom is 0.138 e. The number of halogens is 1. The zero-order chi connectivity index (χ0) is 15.0. The summed E-state index contributed by atoms with van der Waals surface area (Å²) in [6.07, 6.45) is 0. The van der Waals surface area contributed by atoms with Crippen molar-refractivity contribution in [2.75, 3.05) is 25.6 Å². The van der Waals surface area contributed by atoms with Gasteiger partial charge in [-0.05, 0) is 65.9 Å². The molecule has 3 aromatic rings. The Morgan fingerprint density at radius 2 is 1.86 bits per heavy atom. The van der Waals surface area contributed by atoms with Gasteiger partial charge >= 0.3 is 0 Å². The van der Waals surface area contributed by atoms with E-state index in [-0.39, 0.29) is 0 Å². The Morgan fingerprint density at radius 3 is 2.57 bits per heavy atom. The van der Waals surface area contributed by atoms with Crippen molar-refractivity contribution >= 4 is 50.1 Å². The SMILES string of the molecule is CCOc1c2ccc([125I])cc2nc2ccc(N(C)C)cc12. The van der Waals surface area contributed by atoms with E-state index >= 15 is 0 Å². The smallest absolute Gasteiger partial charge is 0.138 e. The lowest BCUT2D eigenvalue weighted by molar-refractivity contribution is 0.348. The van der Waals surface area contributed by atoms with E-state index in [1.54, 1.807) is 0 Å². The maximum absolute atomic E-state index is 5.95. The molecule has 1 aromatic heterocycles. The van der Waals surface area contributed by atoms with Crippen LogP contribution in [0, 0.1) is 3.57 Å². The fraction of sp³-hybridized carbons (Fsp3) is 0.235. The second-order valence-electron chi connectivity index (χ2n) is 5.13. The summed E-state index contributed by atoms with van der Waals surface area (Å²) >= 11 is 2.31. The number of pyridine rings is 1. The van der Waals surface area contributed by atoms with Gasteiger partial charge in [0.05, 0.1) is 17.6 Å². The molecule has 0 saturated carbocycles. The van der Waals surface area contributed by atoms with Crippen molar-refractivity contribution < 1.29 is 4.74 Å². The first-order chi connectivity index (χ1) is 10.1. The van der Waals surface area contributed by atoms with E-state index < -0.39 is 0 Å². The Hall–Kier alpha value is -1.56. The van der Waals surface area contributed by atoms with Gasteiger partial charge in [0.1, 0.15) is 5.75 Å². The van der Waals surface area contributed by atoms with Gasteiger partial charge in [-0.2, -0.15) is 0 Å². The molecule has 3 nitrogen and oxygen atoms in total. The first-order valence-electron chi connectivity index (χ1n) is 6.93. The minimum atomic E-state index is 0.645. The number of fused-ring (bicyclic) bond motifs is 2. The highest BCUT2D eigenvalue weighted by Crippen LogP contribution is 2.35. The fourth-order valence-corrected chi connectivity index (χ4v) is 2.92. The molecule has 108 valence electrons. The van der Waals surface area contributed by atoms with E-state index in [0.717, 1.165) is 33.2 Å². The standard InChI is InChI=1S/C17H17IN2O/c1-4-21-17-13-7-5-11(18)9-16(13)19-15-8-6-12(20(2)3)10-14(15)17/h5-10H,4H2,1-3H3/i18-2. The molecular formula is C17H17IN2O. The molecule has 0 amide bonds. The Morgan fingerprint density at radius 1 is 1.05 bits per heavy atom. The van der Waals surface area contributed by atoms with Gasteiger partial charge in [-0.1, -0.05) is 0 Å². The molecule has 0 spiro atoms. The Bertz CT molecular complexity index is 815. The zero-order valence-electron chi connectivity index (χ0n) is 12.4. The molecule has 0 bridgehead atoms. The number of hydrogen-bond acceptors (Lipinski definition) is 3. The van der Waals surface area contributed by atoms with Crippen LogP contribution in [0.2, 0.25) is 0 Å². The number of aromatic nitrogens is 1. The molecule has 1 heterocycles. The van der Waals surface area contributed by atoms with Crippen molar-refractivity contribution in [2.24, 2.45) is 0 Å². The molecule has 0 radical (unpaired) electrons. The second kappa shape index (κ2) is 5.67. The third-order valence-electron chi connectivity index (χ3n) is 3.48. The largest absolute Gasteiger partial charge is 0.492 e. The quantitative estimate of drug-likeness (QED) is 0.488. The van der Waals surface area contributed by atoms with Crippen LogP contribution in [0.1, 0.15) is 6.92 Å². The summed E-state index contributed by atoms with van der Waals surface area (Å²) in [7, 11) is 4.08. The predicted molar refractivity (Wildman–Crippen MR) is 97.5 cm³/mol. The van der Waals surface area contributed by atoms with Gasteiger partial charge < -0.3 is 9.64 Å². The van der Waals surface area contributed by atoms with Crippen LogP contribution in [0.5, 0.6) is 5.75 Å². The van der Waals surface area contributed by atoms with E-state index in [2.05, 4.69) is 63.9 Å². The number of anilines is 1. The van der Waals surface area contributed by atoms with Crippen molar-refractivity contribution in [3.8, 4) is 5.75 Å². The molecule has 2 aromatic carbocycles. The topological polar surface area (TPSA) is 25.4 Å². The highest BCUT2D eigenvalue weighted by atomic mass is 125. The molecule has 0 unspecified atom stereocenters. The molecule has 4 heteroatoms. The summed E-state index contributed by atoms with van der Waals surface area (Å²) < 4.78 is 7.13. The molecule has 0 N–H and O–H groups in total. The Labute approximate surface area is 138 Å². The van der Waals surface area contributed by atoms with Crippen LogP contribution in [0.15, 0.2) is 36.4 Å². The first kappa shape index (κ1) is 14.4. The molecule has 0 aliphatic rings. The van der Waals surface area contributed by atoms with Gasteiger partial charge in [-0.15, -0.1) is 0 Å². The van der Waals surface area contributed by atoms with E-state index in [1.807, 2.05) is 21.0 Å². The van der Waals surface area contributed by atoms with Crippen molar-refractivity contribution in [1.29, 1.82) is 0 Å². The van der Waals surface area contributed by atoms with Crippen molar-refractivity contribution in [3.05, 3.63) is 40.0 Å². The summed E-state index contributed by atoms with van der Waals surface area (Å²) in [5.41, 5.74) is 3.10. The maximum atomic E-state index is 5.95. The number of nitrogens with zero attached hydrogens (tertiary/aromatic N) is 2. The first-order valence-corrected chi connectivity index (χ1v) is 8.01. The van der Waals surface area contributed by atoms with Crippen molar-refractivity contribution in [2.45, 2.75) is 6.92 Å². The molecule has 0 aliphatic carbocycles. The van der Waals surface area contributed by atoms with Crippen molar-refractivity contribution in [1.82, 2.24) is 4.98 Å². The van der Waals surface area contributed by atoms with Gasteiger partial charge in [0.15, 0.2) is 0 Å². The highest BCUT2D eigenvalue weighted by Gasteiger charge is 2.11. The minimum absolute atomic E-state index is 0.645. The average Bonchev–Trinajstić information content (AvgIpc) is 2.46. The van der Waals surface area contributed by atoms with Gasteiger partial charge in [0.2, 0.25) is 0 Å². The van der Waals surface area contributed by atoms with Crippen LogP contribution in [-0.2, 0) is 0 Å². The zero-order valence-corrected chi connectivity index (χ0v) is 14.5. The summed E-state index contributed by atoms with van der Waals surface area (Å²) in [6, 6.07) is 12.6. The number of rotatable bonds is 3. The van der Waals surface area contributed by atoms with Crippen LogP contribution < -0.4 is 9.64 Å². The third kappa shape index (κ3) is 2.64. The Kier molecular flexibility index (Phi) is 3.89. The lowest BCUT2D eigenvalue weighted by atomic mass is 10.1. The average molecular weight is 390 g/mol. The van der Waals surface area contributed by atoms with Gasteiger partial charge in [-0.25, -0.2) is 4.98 Å². The monoisotopic (exact) mass is 390 g/mol. The van der Waals surface area contributed by atoms with Crippen LogP contribution in [0.4, 0.5) is 5.69 Å². The molecular weight excluding hydrogens is 373 g/mol. The second-order valence-corrected chi connectivity index (χ2v) is 6.38. The summed E-state index contributed by atoms with van der Waals surface area (Å²) in [4.78, 5) is 6.87. The lowest BCUT2D eigenvalue weighted by Gasteiger charge is -2.16. The van der Waals surface area contributed by atoms with E-state index in [4.69, 9.17) is 9.72 Å². The number of benzene rings is 2. The molecule has 3 rings (SSSR count). The minimum Gasteiger partial charge on any atom is -0.492 e. The normalized spacial score (nSPS) is 11.0. The third-order valence-corrected chi connectivity index (χ3v) is 4.15. The van der Waals surface area contributed by atoms with E-state index in [0.29, 0.717) is 6.61 Å². The summed E-state index contributed by atoms with van der Waals surface area (Å²) in [5.74, 6) is 0.928. The van der Waals surface area contributed by atoms with Crippen LogP contribution in [0.25, 0.3) is 21.8 Å². The predicted octanol–water partition coefficient (Wildman–Crippen LogP) is 4.46. The number of ether oxygens (including phenoxy) is 1. The summed E-state index contributed by atoms with van der Waals surface area (Å²) in [6.45, 7) is 2.66. The molecule has 0 saturated heterocycles. The molecule has 21 heavy (non-hydrogen) atoms. The van der Waals surface area contributed by atoms with Crippen LogP contribution in [-0.4, -0.2) is 25.7 Å². The molecule has 0 atom stereocenters. The van der Waals surface area contributed by atoms with Crippen LogP contribution >= 0.6 is 22.6 Å². The van der Waals surface area contributed by atoms with Gasteiger partial charge in [-0.3, -0.25) is 0 Å². The highest BCUT2D eigenvalue weighted by molar-refractivity contribution is 14.1. The fourth-order valence-electron chi connectivity index (χ4n) is 2.45. The number of hydrogen-bond donors (Lipinski definition) is 0.